The van der Waals surface area contributed by atoms with Crippen LogP contribution in [0.2, 0.25) is 0 Å². The maximum Gasteiger partial charge on any atom is 0.0525 e. The van der Waals surface area contributed by atoms with E-state index in [9.17, 15) is 0 Å². The molecule has 0 saturated carbocycles. The molecule has 0 saturated heterocycles. The minimum atomic E-state index is 0.203. The molecule has 86 valence electrons. The lowest BCUT2D eigenvalue weighted by molar-refractivity contribution is 0.325. The fourth-order valence-electron chi connectivity index (χ4n) is 1.90. The summed E-state index contributed by atoms with van der Waals surface area (Å²) in [6.07, 6.45) is 5.20. The third-order valence-corrected chi connectivity index (χ3v) is 2.79. The maximum absolute atomic E-state index is 5.84. The van der Waals surface area contributed by atoms with Crippen molar-refractivity contribution in [2.24, 2.45) is 11.1 Å². The second kappa shape index (κ2) is 4.79. The summed E-state index contributed by atoms with van der Waals surface area (Å²) < 4.78 is 2.00. The maximum atomic E-state index is 5.84. The molecule has 1 aromatic rings. The predicted molar refractivity (Wildman–Crippen MR) is 63.8 cm³/mol. The molecule has 0 amide bonds. The highest BCUT2D eigenvalue weighted by Gasteiger charge is 2.25. The Morgan fingerprint density at radius 1 is 1.47 bits per heavy atom. The summed E-state index contributed by atoms with van der Waals surface area (Å²) in [7, 11) is 0. The van der Waals surface area contributed by atoms with Crippen LogP contribution in [0.25, 0.3) is 0 Å². The van der Waals surface area contributed by atoms with Crippen LogP contribution in [-0.4, -0.2) is 16.3 Å². The number of aromatic nitrogens is 2. The first-order valence-electron chi connectivity index (χ1n) is 5.71. The Bertz CT molecular complexity index is 296. The SMILES string of the molecule is CCCn1cc(C(CN)C(C)(C)C)cn1. The van der Waals surface area contributed by atoms with Crippen molar-refractivity contribution < 1.29 is 0 Å². The van der Waals surface area contributed by atoms with E-state index in [-0.39, 0.29) is 5.41 Å². The highest BCUT2D eigenvalue weighted by Crippen LogP contribution is 2.33. The van der Waals surface area contributed by atoms with Gasteiger partial charge >= 0.3 is 0 Å². The van der Waals surface area contributed by atoms with E-state index in [0.29, 0.717) is 12.5 Å². The Labute approximate surface area is 92.7 Å². The van der Waals surface area contributed by atoms with E-state index >= 15 is 0 Å². The molecule has 0 fully saturated rings. The molecule has 15 heavy (non-hydrogen) atoms. The van der Waals surface area contributed by atoms with Crippen LogP contribution < -0.4 is 5.73 Å². The highest BCUT2D eigenvalue weighted by atomic mass is 15.3. The van der Waals surface area contributed by atoms with Gasteiger partial charge in [0.2, 0.25) is 0 Å². The largest absolute Gasteiger partial charge is 0.330 e. The molecule has 3 nitrogen and oxygen atoms in total. The number of hydrogen-bond donors (Lipinski definition) is 1. The average molecular weight is 209 g/mol. The molecule has 0 aliphatic heterocycles. The van der Waals surface area contributed by atoms with Gasteiger partial charge in [0, 0.05) is 18.7 Å². The molecule has 3 heteroatoms. The van der Waals surface area contributed by atoms with Crippen LogP contribution in [0.3, 0.4) is 0 Å². The van der Waals surface area contributed by atoms with Crippen molar-refractivity contribution in [2.75, 3.05) is 6.54 Å². The second-order valence-corrected chi connectivity index (χ2v) is 5.19. The number of rotatable bonds is 4. The zero-order valence-corrected chi connectivity index (χ0v) is 10.3. The first-order valence-corrected chi connectivity index (χ1v) is 5.71. The molecule has 0 aliphatic rings. The Morgan fingerprint density at radius 3 is 2.60 bits per heavy atom. The minimum Gasteiger partial charge on any atom is -0.330 e. The monoisotopic (exact) mass is 209 g/mol. The normalized spacial score (nSPS) is 14.2. The molecule has 1 rings (SSSR count). The third kappa shape index (κ3) is 3.06. The summed E-state index contributed by atoms with van der Waals surface area (Å²) in [4.78, 5) is 0. The van der Waals surface area contributed by atoms with Crippen LogP contribution >= 0.6 is 0 Å². The molecular weight excluding hydrogens is 186 g/mol. The van der Waals surface area contributed by atoms with Crippen LogP contribution in [-0.2, 0) is 6.54 Å². The van der Waals surface area contributed by atoms with Gasteiger partial charge in [0.1, 0.15) is 0 Å². The van der Waals surface area contributed by atoms with Gasteiger partial charge < -0.3 is 5.73 Å². The molecule has 0 aliphatic carbocycles. The van der Waals surface area contributed by atoms with E-state index in [1.54, 1.807) is 0 Å². The van der Waals surface area contributed by atoms with Crippen LogP contribution in [0.15, 0.2) is 12.4 Å². The van der Waals surface area contributed by atoms with E-state index < -0.39 is 0 Å². The first-order chi connectivity index (χ1) is 6.99. The van der Waals surface area contributed by atoms with Crippen molar-refractivity contribution in [1.82, 2.24) is 9.78 Å². The molecule has 1 aromatic heterocycles. The molecule has 1 unspecified atom stereocenters. The Hall–Kier alpha value is -0.830. The third-order valence-electron chi connectivity index (χ3n) is 2.79. The average Bonchev–Trinajstić information content (AvgIpc) is 2.52. The molecule has 0 radical (unpaired) electrons. The summed E-state index contributed by atoms with van der Waals surface area (Å²) >= 11 is 0. The van der Waals surface area contributed by atoms with E-state index in [1.807, 2.05) is 10.9 Å². The Balaban J connectivity index is 2.83. The van der Waals surface area contributed by atoms with Crippen molar-refractivity contribution in [3.8, 4) is 0 Å². The van der Waals surface area contributed by atoms with Crippen LogP contribution in [0, 0.1) is 5.41 Å². The number of hydrogen-bond acceptors (Lipinski definition) is 2. The van der Waals surface area contributed by atoms with Crippen molar-refractivity contribution in [1.29, 1.82) is 0 Å². The second-order valence-electron chi connectivity index (χ2n) is 5.19. The van der Waals surface area contributed by atoms with Gasteiger partial charge in [-0.2, -0.15) is 5.10 Å². The summed E-state index contributed by atoms with van der Waals surface area (Å²) in [6, 6.07) is 0. The number of nitrogens with two attached hydrogens (primary N) is 1. The lowest BCUT2D eigenvalue weighted by Crippen LogP contribution is -2.25. The molecule has 0 spiro atoms. The summed E-state index contributed by atoms with van der Waals surface area (Å²) in [5.41, 5.74) is 7.30. The zero-order valence-electron chi connectivity index (χ0n) is 10.3. The van der Waals surface area contributed by atoms with Crippen LogP contribution in [0.1, 0.15) is 45.6 Å². The number of nitrogens with zero attached hydrogens (tertiary/aromatic N) is 2. The Kier molecular flexibility index (Phi) is 3.91. The fourth-order valence-corrected chi connectivity index (χ4v) is 1.90. The van der Waals surface area contributed by atoms with Gasteiger partial charge in [0.25, 0.3) is 0 Å². The molecule has 0 aromatic carbocycles. The van der Waals surface area contributed by atoms with E-state index in [2.05, 4.69) is 39.0 Å². The molecule has 0 bridgehead atoms. The summed E-state index contributed by atoms with van der Waals surface area (Å²) in [5.74, 6) is 0.392. The van der Waals surface area contributed by atoms with Gasteiger partial charge in [-0.05, 0) is 23.9 Å². The van der Waals surface area contributed by atoms with E-state index in [4.69, 9.17) is 5.73 Å². The topological polar surface area (TPSA) is 43.8 Å². The smallest absolute Gasteiger partial charge is 0.0525 e. The number of aryl methyl sites for hydroxylation is 1. The van der Waals surface area contributed by atoms with Crippen molar-refractivity contribution in [3.05, 3.63) is 18.0 Å². The Morgan fingerprint density at radius 2 is 2.13 bits per heavy atom. The van der Waals surface area contributed by atoms with Crippen LogP contribution in [0.4, 0.5) is 0 Å². The standard InChI is InChI=1S/C12H23N3/c1-5-6-15-9-10(8-14-15)11(7-13)12(2,3)4/h8-9,11H,5-7,13H2,1-4H3. The predicted octanol–water partition coefficient (Wildman–Crippen LogP) is 2.38. The van der Waals surface area contributed by atoms with Gasteiger partial charge in [0.15, 0.2) is 0 Å². The lowest BCUT2D eigenvalue weighted by atomic mass is 9.77. The van der Waals surface area contributed by atoms with E-state index in [1.165, 1.54) is 5.56 Å². The van der Waals surface area contributed by atoms with Gasteiger partial charge in [-0.3, -0.25) is 4.68 Å². The fraction of sp³-hybridized carbons (Fsp3) is 0.750. The van der Waals surface area contributed by atoms with Gasteiger partial charge in [-0.1, -0.05) is 27.7 Å². The summed E-state index contributed by atoms with van der Waals surface area (Å²) in [5, 5.41) is 4.35. The van der Waals surface area contributed by atoms with Crippen LogP contribution in [0.5, 0.6) is 0 Å². The minimum absolute atomic E-state index is 0.203. The molecule has 1 heterocycles. The lowest BCUT2D eigenvalue weighted by Gasteiger charge is -2.28. The summed E-state index contributed by atoms with van der Waals surface area (Å²) in [6.45, 7) is 10.5. The van der Waals surface area contributed by atoms with Crippen molar-refractivity contribution >= 4 is 0 Å². The van der Waals surface area contributed by atoms with Crippen molar-refractivity contribution in [2.45, 2.75) is 46.6 Å². The molecule has 2 N–H and O–H groups in total. The van der Waals surface area contributed by atoms with Crippen molar-refractivity contribution in [3.63, 3.8) is 0 Å². The van der Waals surface area contributed by atoms with Gasteiger partial charge in [0.05, 0.1) is 6.20 Å². The highest BCUT2D eigenvalue weighted by molar-refractivity contribution is 5.14. The van der Waals surface area contributed by atoms with Gasteiger partial charge in [-0.15, -0.1) is 0 Å². The van der Waals surface area contributed by atoms with Gasteiger partial charge in [-0.25, -0.2) is 0 Å². The molecular formula is C12H23N3. The van der Waals surface area contributed by atoms with E-state index in [0.717, 1.165) is 13.0 Å². The molecule has 1 atom stereocenters. The zero-order chi connectivity index (χ0) is 11.5. The quantitative estimate of drug-likeness (QED) is 0.827. The first kappa shape index (κ1) is 12.2.